The van der Waals surface area contributed by atoms with Crippen LogP contribution in [-0.4, -0.2) is 54.3 Å². The van der Waals surface area contributed by atoms with Crippen molar-refractivity contribution in [2.75, 3.05) is 25.5 Å². The number of nitrogens with zero attached hydrogens (tertiary/aromatic N) is 2. The van der Waals surface area contributed by atoms with E-state index in [1.54, 1.807) is 6.92 Å². The number of carbonyl (C=O) groups excluding carboxylic acids is 2. The Balaban J connectivity index is 2.04. The number of nitrogens with one attached hydrogen (secondary N) is 1. The van der Waals surface area contributed by atoms with Crippen molar-refractivity contribution in [2.24, 2.45) is 0 Å². The summed E-state index contributed by atoms with van der Waals surface area (Å²) in [5.74, 6) is -0.245. The normalized spacial score (nSPS) is 21.4. The second kappa shape index (κ2) is 7.13. The molecule has 0 aliphatic carbocycles. The number of carbonyl (C=O) groups is 2. The van der Waals surface area contributed by atoms with Gasteiger partial charge in [-0.05, 0) is 6.92 Å². The molecule has 1 aliphatic rings. The molecule has 1 fully saturated rings. The zero-order valence-electron chi connectivity index (χ0n) is 12.0. The van der Waals surface area contributed by atoms with Crippen molar-refractivity contribution >= 4 is 41.0 Å². The number of halogens is 2. The molecule has 2 amide bonds. The molecule has 1 aromatic heterocycles. The molecule has 2 atom stereocenters. The molecule has 0 radical (unpaired) electrons. The highest BCUT2D eigenvalue weighted by Gasteiger charge is 2.33. The second-order valence-corrected chi connectivity index (χ2v) is 5.59. The Hall–Kier alpha value is -1.57. The molecule has 2 heterocycles. The fourth-order valence-electron chi connectivity index (χ4n) is 2.05. The first-order valence-electron chi connectivity index (χ1n) is 6.51. The first-order chi connectivity index (χ1) is 10.4. The number of hydrogen-bond acceptors (Lipinski definition) is 5. The van der Waals surface area contributed by atoms with Crippen LogP contribution in [0.25, 0.3) is 0 Å². The summed E-state index contributed by atoms with van der Waals surface area (Å²) < 4.78 is 10.1. The van der Waals surface area contributed by atoms with Crippen molar-refractivity contribution in [1.82, 2.24) is 9.88 Å². The molecule has 1 N–H and O–H groups in total. The number of anilines is 1. The second-order valence-electron chi connectivity index (χ2n) is 4.78. The Morgan fingerprint density at radius 1 is 1.41 bits per heavy atom. The van der Waals surface area contributed by atoms with E-state index in [2.05, 4.69) is 15.0 Å². The molecular formula is C13H15Cl2N3O4. The number of hydrogen-bond donors (Lipinski definition) is 1. The summed E-state index contributed by atoms with van der Waals surface area (Å²) in [4.78, 5) is 29.3. The highest BCUT2D eigenvalue weighted by atomic mass is 35.5. The smallest absolute Gasteiger partial charge is 0.336 e. The van der Waals surface area contributed by atoms with Crippen LogP contribution in [-0.2, 0) is 14.3 Å². The van der Waals surface area contributed by atoms with Crippen LogP contribution in [0.2, 0.25) is 10.0 Å². The van der Waals surface area contributed by atoms with Gasteiger partial charge < -0.3 is 14.4 Å². The fraction of sp³-hybridized carbons (Fsp3) is 0.462. The molecule has 1 saturated heterocycles. The van der Waals surface area contributed by atoms with Gasteiger partial charge in [0.25, 0.3) is 0 Å². The van der Waals surface area contributed by atoms with Crippen molar-refractivity contribution in [3.8, 4) is 0 Å². The van der Waals surface area contributed by atoms with Crippen LogP contribution in [0.15, 0.2) is 12.3 Å². The zero-order chi connectivity index (χ0) is 16.3. The number of esters is 1. The van der Waals surface area contributed by atoms with Crippen molar-refractivity contribution < 1.29 is 19.1 Å². The summed E-state index contributed by atoms with van der Waals surface area (Å²) >= 11 is 11.6. The van der Waals surface area contributed by atoms with Crippen molar-refractivity contribution in [3.63, 3.8) is 0 Å². The van der Waals surface area contributed by atoms with E-state index in [0.717, 1.165) is 0 Å². The van der Waals surface area contributed by atoms with Gasteiger partial charge in [-0.1, -0.05) is 23.2 Å². The Morgan fingerprint density at radius 2 is 2.14 bits per heavy atom. The quantitative estimate of drug-likeness (QED) is 0.829. The van der Waals surface area contributed by atoms with E-state index in [1.165, 1.54) is 24.3 Å². The number of methoxy groups -OCH3 is 1. The lowest BCUT2D eigenvalue weighted by Gasteiger charge is -2.35. The number of aromatic nitrogens is 1. The molecular weight excluding hydrogens is 333 g/mol. The highest BCUT2D eigenvalue weighted by molar-refractivity contribution is 6.42. The zero-order valence-corrected chi connectivity index (χ0v) is 13.5. The van der Waals surface area contributed by atoms with Crippen LogP contribution in [0.3, 0.4) is 0 Å². The van der Waals surface area contributed by atoms with Crippen LogP contribution in [0.4, 0.5) is 10.6 Å². The third-order valence-electron chi connectivity index (χ3n) is 3.06. The molecule has 0 aromatic carbocycles. The predicted octanol–water partition coefficient (Wildman–Crippen LogP) is 2.18. The largest absolute Gasteiger partial charge is 0.467 e. The molecule has 9 heteroatoms. The van der Waals surface area contributed by atoms with Crippen LogP contribution in [0, 0.1) is 0 Å². The molecule has 22 heavy (non-hydrogen) atoms. The number of rotatable bonds is 2. The Bertz CT molecular complexity index is 584. The van der Waals surface area contributed by atoms with Crippen molar-refractivity contribution in [1.29, 1.82) is 0 Å². The van der Waals surface area contributed by atoms with Gasteiger partial charge in [0.2, 0.25) is 0 Å². The SMILES string of the molecule is COC(=O)[C@H]1CN(C(=O)Nc2cc(Cl)c(Cl)cn2)C[C@@H](C)O1. The summed E-state index contributed by atoms with van der Waals surface area (Å²) in [7, 11) is 1.27. The fourth-order valence-corrected chi connectivity index (χ4v) is 2.31. The van der Waals surface area contributed by atoms with E-state index in [9.17, 15) is 9.59 Å². The lowest BCUT2D eigenvalue weighted by molar-refractivity contribution is -0.163. The maximum absolute atomic E-state index is 12.3. The molecule has 120 valence electrons. The van der Waals surface area contributed by atoms with Gasteiger partial charge in [0.05, 0.1) is 29.8 Å². The lowest BCUT2D eigenvalue weighted by Crippen LogP contribution is -2.53. The number of pyridine rings is 1. The van der Waals surface area contributed by atoms with Gasteiger partial charge in [0, 0.05) is 18.8 Å². The first-order valence-corrected chi connectivity index (χ1v) is 7.26. The summed E-state index contributed by atoms with van der Waals surface area (Å²) in [6.07, 6.45) is 0.255. The standard InChI is InChI=1S/C13H15Cl2N3O4/c1-7-5-18(6-10(22-7)12(19)21-2)13(20)17-11-3-8(14)9(15)4-16-11/h3-4,7,10H,5-6H2,1-2H3,(H,16,17,20)/t7-,10-/m1/s1. The van der Waals surface area contributed by atoms with Gasteiger partial charge in [-0.15, -0.1) is 0 Å². The van der Waals surface area contributed by atoms with E-state index in [4.69, 9.17) is 27.9 Å². The maximum Gasteiger partial charge on any atom is 0.336 e. The highest BCUT2D eigenvalue weighted by Crippen LogP contribution is 2.23. The van der Waals surface area contributed by atoms with Gasteiger partial charge in [-0.25, -0.2) is 14.6 Å². The average molecular weight is 348 g/mol. The van der Waals surface area contributed by atoms with E-state index >= 15 is 0 Å². The first kappa shape index (κ1) is 16.8. The predicted molar refractivity (Wildman–Crippen MR) is 81.2 cm³/mol. The minimum atomic E-state index is -0.804. The Labute approximate surface area is 137 Å². The summed E-state index contributed by atoms with van der Waals surface area (Å²) in [6, 6.07) is 1.04. The Kier molecular flexibility index (Phi) is 5.44. The summed E-state index contributed by atoms with van der Waals surface area (Å²) in [5, 5.41) is 3.19. The number of urea groups is 1. The molecule has 0 saturated carbocycles. The minimum Gasteiger partial charge on any atom is -0.467 e. The van der Waals surface area contributed by atoms with Gasteiger partial charge >= 0.3 is 12.0 Å². The van der Waals surface area contributed by atoms with Crippen molar-refractivity contribution in [3.05, 3.63) is 22.3 Å². The molecule has 1 aromatic rings. The van der Waals surface area contributed by atoms with E-state index in [0.29, 0.717) is 11.6 Å². The van der Waals surface area contributed by atoms with Crippen LogP contribution in [0.1, 0.15) is 6.92 Å². The third kappa shape index (κ3) is 4.00. The molecule has 0 unspecified atom stereocenters. The third-order valence-corrected chi connectivity index (χ3v) is 3.77. The Morgan fingerprint density at radius 3 is 2.77 bits per heavy atom. The molecule has 2 rings (SSSR count). The molecule has 0 bridgehead atoms. The van der Waals surface area contributed by atoms with Gasteiger partial charge in [0.1, 0.15) is 5.82 Å². The number of amides is 2. The minimum absolute atomic E-state index is 0.101. The van der Waals surface area contributed by atoms with Crippen LogP contribution < -0.4 is 5.32 Å². The van der Waals surface area contributed by atoms with Crippen LogP contribution in [0.5, 0.6) is 0 Å². The maximum atomic E-state index is 12.3. The number of morpholine rings is 1. The molecule has 0 spiro atoms. The monoisotopic (exact) mass is 347 g/mol. The van der Waals surface area contributed by atoms with E-state index < -0.39 is 18.1 Å². The van der Waals surface area contributed by atoms with E-state index in [-0.39, 0.29) is 23.5 Å². The average Bonchev–Trinajstić information content (AvgIpc) is 2.49. The summed E-state index contributed by atoms with van der Waals surface area (Å²) in [5.41, 5.74) is 0. The van der Waals surface area contributed by atoms with Crippen molar-refractivity contribution in [2.45, 2.75) is 19.1 Å². The van der Waals surface area contributed by atoms with Crippen LogP contribution >= 0.6 is 23.2 Å². The summed E-state index contributed by atoms with van der Waals surface area (Å²) in [6.45, 7) is 2.22. The van der Waals surface area contributed by atoms with Gasteiger partial charge in [-0.2, -0.15) is 0 Å². The molecule has 7 nitrogen and oxygen atoms in total. The number of ether oxygens (including phenoxy) is 2. The van der Waals surface area contributed by atoms with Gasteiger partial charge in [-0.3, -0.25) is 5.32 Å². The topological polar surface area (TPSA) is 80.8 Å². The van der Waals surface area contributed by atoms with E-state index in [1.807, 2.05) is 0 Å². The molecule has 1 aliphatic heterocycles. The lowest BCUT2D eigenvalue weighted by atomic mass is 10.2. The van der Waals surface area contributed by atoms with Gasteiger partial charge in [0.15, 0.2) is 6.10 Å².